The molecule has 1 aromatic heterocycles. The number of aryl methyl sites for hydroxylation is 2. The zero-order valence-electron chi connectivity index (χ0n) is 12.4. The Balaban J connectivity index is 2.51. The summed E-state index contributed by atoms with van der Waals surface area (Å²) >= 11 is 2.24. The van der Waals surface area contributed by atoms with Crippen molar-refractivity contribution in [3.8, 4) is 11.4 Å². The third-order valence-corrected chi connectivity index (χ3v) is 4.49. The van der Waals surface area contributed by atoms with Crippen molar-refractivity contribution in [1.82, 2.24) is 9.97 Å². The summed E-state index contributed by atoms with van der Waals surface area (Å²) in [6.07, 6.45) is 0.919. The van der Waals surface area contributed by atoms with Gasteiger partial charge in [-0.2, -0.15) is 0 Å². The average molecular weight is 381 g/mol. The van der Waals surface area contributed by atoms with E-state index in [0.29, 0.717) is 11.7 Å². The van der Waals surface area contributed by atoms with Crippen LogP contribution in [0.3, 0.4) is 0 Å². The minimum Gasteiger partial charge on any atom is -0.383 e. The lowest BCUT2D eigenvalue weighted by atomic mass is 10.1. The van der Waals surface area contributed by atoms with Crippen LogP contribution < -0.4 is 5.73 Å². The lowest BCUT2D eigenvalue weighted by Crippen LogP contribution is -2.07. The maximum atomic E-state index is 6.04. The Morgan fingerprint density at radius 1 is 1.15 bits per heavy atom. The highest BCUT2D eigenvalue weighted by Crippen LogP contribution is 2.25. The second kappa shape index (κ2) is 6.08. The van der Waals surface area contributed by atoms with E-state index in [4.69, 9.17) is 10.7 Å². The Labute approximate surface area is 134 Å². The van der Waals surface area contributed by atoms with Crippen molar-refractivity contribution in [2.24, 2.45) is 5.92 Å². The molecule has 1 heterocycles. The van der Waals surface area contributed by atoms with Gasteiger partial charge in [-0.1, -0.05) is 26.0 Å². The van der Waals surface area contributed by atoms with Gasteiger partial charge in [-0.3, -0.25) is 0 Å². The zero-order chi connectivity index (χ0) is 14.9. The SMILES string of the molecule is Cc1ccc(-c2nc(N)c(I)c(CC(C)C)n2)cc1C. The first-order valence-electron chi connectivity index (χ1n) is 6.78. The van der Waals surface area contributed by atoms with Crippen LogP contribution in [0.4, 0.5) is 5.82 Å². The molecule has 0 radical (unpaired) electrons. The molecule has 20 heavy (non-hydrogen) atoms. The van der Waals surface area contributed by atoms with Crippen LogP contribution in [0.1, 0.15) is 30.7 Å². The maximum Gasteiger partial charge on any atom is 0.161 e. The van der Waals surface area contributed by atoms with Gasteiger partial charge in [0.25, 0.3) is 0 Å². The zero-order valence-corrected chi connectivity index (χ0v) is 14.5. The molecule has 0 amide bonds. The lowest BCUT2D eigenvalue weighted by molar-refractivity contribution is 0.632. The van der Waals surface area contributed by atoms with E-state index in [-0.39, 0.29) is 0 Å². The smallest absolute Gasteiger partial charge is 0.161 e. The van der Waals surface area contributed by atoms with Crippen molar-refractivity contribution >= 4 is 28.4 Å². The molecule has 1 aromatic carbocycles. The Bertz CT molecular complexity index is 636. The molecule has 2 N–H and O–H groups in total. The van der Waals surface area contributed by atoms with Crippen molar-refractivity contribution in [3.63, 3.8) is 0 Å². The van der Waals surface area contributed by atoms with E-state index in [1.807, 2.05) is 0 Å². The summed E-state index contributed by atoms with van der Waals surface area (Å²) in [6.45, 7) is 8.57. The third kappa shape index (κ3) is 3.29. The number of aromatic nitrogens is 2. The second-order valence-corrected chi connectivity index (χ2v) is 6.67. The molecule has 106 valence electrons. The normalized spacial score (nSPS) is 11.1. The van der Waals surface area contributed by atoms with Crippen molar-refractivity contribution in [3.05, 3.63) is 38.6 Å². The minimum atomic E-state index is 0.547. The molecule has 0 bridgehead atoms. The molecule has 2 rings (SSSR count). The Hall–Kier alpha value is -1.17. The first-order chi connectivity index (χ1) is 9.38. The van der Waals surface area contributed by atoms with Crippen molar-refractivity contribution in [2.45, 2.75) is 34.1 Å². The molecule has 3 nitrogen and oxygen atoms in total. The van der Waals surface area contributed by atoms with Crippen LogP contribution >= 0.6 is 22.6 Å². The Morgan fingerprint density at radius 2 is 1.85 bits per heavy atom. The average Bonchev–Trinajstić information content (AvgIpc) is 2.37. The molecule has 0 fully saturated rings. The van der Waals surface area contributed by atoms with Crippen LogP contribution in [-0.4, -0.2) is 9.97 Å². The fraction of sp³-hybridized carbons (Fsp3) is 0.375. The molecule has 0 saturated heterocycles. The van der Waals surface area contributed by atoms with E-state index in [9.17, 15) is 0 Å². The summed E-state index contributed by atoms with van der Waals surface area (Å²) < 4.78 is 0.976. The highest BCUT2D eigenvalue weighted by molar-refractivity contribution is 14.1. The number of hydrogen-bond acceptors (Lipinski definition) is 3. The Morgan fingerprint density at radius 3 is 2.45 bits per heavy atom. The van der Waals surface area contributed by atoms with Crippen LogP contribution in [0.2, 0.25) is 0 Å². The summed E-state index contributed by atoms with van der Waals surface area (Å²) in [5, 5.41) is 0. The fourth-order valence-electron chi connectivity index (χ4n) is 2.04. The predicted molar refractivity (Wildman–Crippen MR) is 92.6 cm³/mol. The second-order valence-electron chi connectivity index (χ2n) is 5.59. The summed E-state index contributed by atoms with van der Waals surface area (Å²) in [5.74, 6) is 1.84. The number of halogens is 1. The topological polar surface area (TPSA) is 51.8 Å². The molecule has 2 aromatic rings. The van der Waals surface area contributed by atoms with Gasteiger partial charge in [0.1, 0.15) is 5.82 Å². The van der Waals surface area contributed by atoms with E-state index in [2.05, 4.69) is 73.5 Å². The van der Waals surface area contributed by atoms with Gasteiger partial charge in [0.15, 0.2) is 5.82 Å². The number of anilines is 1. The predicted octanol–water partition coefficient (Wildman–Crippen LogP) is 4.15. The van der Waals surface area contributed by atoms with Gasteiger partial charge < -0.3 is 5.73 Å². The number of benzene rings is 1. The van der Waals surface area contributed by atoms with E-state index < -0.39 is 0 Å². The van der Waals surface area contributed by atoms with Gasteiger partial charge in [-0.15, -0.1) is 0 Å². The van der Waals surface area contributed by atoms with E-state index in [1.54, 1.807) is 0 Å². The molecule has 0 aliphatic carbocycles. The molecule has 0 saturated carbocycles. The molecular formula is C16H20IN3. The van der Waals surface area contributed by atoms with Crippen LogP contribution in [0, 0.1) is 23.3 Å². The number of nitrogens with two attached hydrogens (primary N) is 1. The highest BCUT2D eigenvalue weighted by atomic mass is 127. The van der Waals surface area contributed by atoms with E-state index >= 15 is 0 Å². The van der Waals surface area contributed by atoms with Gasteiger partial charge >= 0.3 is 0 Å². The molecule has 0 aliphatic heterocycles. The summed E-state index contributed by atoms with van der Waals surface area (Å²) in [6, 6.07) is 6.28. The number of hydrogen-bond donors (Lipinski definition) is 1. The third-order valence-electron chi connectivity index (χ3n) is 3.31. The van der Waals surface area contributed by atoms with Crippen molar-refractivity contribution in [2.75, 3.05) is 5.73 Å². The molecule has 0 spiro atoms. The summed E-state index contributed by atoms with van der Waals surface area (Å²) in [5.41, 5.74) is 10.6. The molecule has 4 heteroatoms. The summed E-state index contributed by atoms with van der Waals surface area (Å²) in [4.78, 5) is 9.16. The number of nitrogen functional groups attached to an aromatic ring is 1. The van der Waals surface area contributed by atoms with Gasteiger partial charge in [0.05, 0.1) is 9.26 Å². The molecular weight excluding hydrogens is 361 g/mol. The first-order valence-corrected chi connectivity index (χ1v) is 7.86. The first kappa shape index (κ1) is 15.2. The van der Waals surface area contributed by atoms with E-state index in [1.165, 1.54) is 11.1 Å². The van der Waals surface area contributed by atoms with Gasteiger partial charge in [0.2, 0.25) is 0 Å². The lowest BCUT2D eigenvalue weighted by Gasteiger charge is -2.11. The van der Waals surface area contributed by atoms with Crippen molar-refractivity contribution < 1.29 is 0 Å². The Kier molecular flexibility index (Phi) is 4.62. The summed E-state index contributed by atoms with van der Waals surface area (Å²) in [7, 11) is 0. The molecule has 0 atom stereocenters. The minimum absolute atomic E-state index is 0.547. The monoisotopic (exact) mass is 381 g/mol. The van der Waals surface area contributed by atoms with Crippen LogP contribution in [0.25, 0.3) is 11.4 Å². The number of rotatable bonds is 3. The largest absolute Gasteiger partial charge is 0.383 e. The van der Waals surface area contributed by atoms with Crippen molar-refractivity contribution in [1.29, 1.82) is 0 Å². The highest BCUT2D eigenvalue weighted by Gasteiger charge is 2.13. The van der Waals surface area contributed by atoms with Gasteiger partial charge in [0, 0.05) is 5.56 Å². The standard InChI is InChI=1S/C16H20IN3/c1-9(2)7-13-14(17)15(18)20-16(19-13)12-6-5-10(3)11(4)8-12/h5-6,8-9H,7H2,1-4H3,(H2,18,19,20). The van der Waals surface area contributed by atoms with Crippen LogP contribution in [-0.2, 0) is 6.42 Å². The van der Waals surface area contributed by atoms with Gasteiger partial charge in [-0.05, 0) is 66.0 Å². The molecule has 0 unspecified atom stereocenters. The van der Waals surface area contributed by atoms with Gasteiger partial charge in [-0.25, -0.2) is 9.97 Å². The quantitative estimate of drug-likeness (QED) is 0.813. The fourth-order valence-corrected chi connectivity index (χ4v) is 2.51. The maximum absolute atomic E-state index is 6.04. The van der Waals surface area contributed by atoms with Crippen LogP contribution in [0.5, 0.6) is 0 Å². The molecule has 0 aliphatic rings. The number of nitrogens with zero attached hydrogens (tertiary/aromatic N) is 2. The van der Waals surface area contributed by atoms with Crippen LogP contribution in [0.15, 0.2) is 18.2 Å². The van der Waals surface area contributed by atoms with E-state index in [0.717, 1.165) is 27.1 Å².